The van der Waals surface area contributed by atoms with Crippen molar-refractivity contribution in [1.29, 1.82) is 0 Å². The quantitative estimate of drug-likeness (QED) is 0.385. The summed E-state index contributed by atoms with van der Waals surface area (Å²) >= 11 is 2.91. The molecule has 0 aliphatic heterocycles. The van der Waals surface area contributed by atoms with E-state index in [0.29, 0.717) is 22.4 Å². The molecule has 0 radical (unpaired) electrons. The molecule has 3 rings (SSSR count). The number of aryl methyl sites for hydroxylation is 2. The van der Waals surface area contributed by atoms with Gasteiger partial charge in [-0.25, -0.2) is 0 Å². The van der Waals surface area contributed by atoms with Crippen molar-refractivity contribution in [3.8, 4) is 0 Å². The van der Waals surface area contributed by atoms with E-state index >= 15 is 0 Å². The number of anilines is 1. The van der Waals surface area contributed by atoms with Crippen molar-refractivity contribution in [3.05, 3.63) is 99.0 Å². The average molecular weight is 490 g/mol. The SMILES string of the molecule is Cc1ccccc1NC(=O)c1ccc(C(=O)CCc2ccc(Br)c(C(F)(F)F)c2)cc1. The zero-order valence-electron chi connectivity index (χ0n) is 16.6. The highest BCUT2D eigenvalue weighted by Crippen LogP contribution is 2.35. The maximum absolute atomic E-state index is 13.0. The van der Waals surface area contributed by atoms with Crippen molar-refractivity contribution < 1.29 is 22.8 Å². The van der Waals surface area contributed by atoms with Gasteiger partial charge in [0.05, 0.1) is 5.56 Å². The molecule has 0 spiro atoms. The third kappa shape index (κ3) is 5.82. The van der Waals surface area contributed by atoms with Gasteiger partial charge in [0.15, 0.2) is 5.78 Å². The number of halogens is 4. The number of Topliss-reactive ketones (excluding diaryl/α,β-unsaturated/α-hetero) is 1. The summed E-state index contributed by atoms with van der Waals surface area (Å²) in [5.74, 6) is -0.495. The van der Waals surface area contributed by atoms with Crippen molar-refractivity contribution in [2.24, 2.45) is 0 Å². The van der Waals surface area contributed by atoms with E-state index < -0.39 is 11.7 Å². The van der Waals surface area contributed by atoms with E-state index in [4.69, 9.17) is 0 Å². The lowest BCUT2D eigenvalue weighted by Crippen LogP contribution is -2.13. The van der Waals surface area contributed by atoms with Crippen LogP contribution in [0.4, 0.5) is 18.9 Å². The summed E-state index contributed by atoms with van der Waals surface area (Å²) in [6.07, 6.45) is -4.22. The number of carbonyl (C=O) groups excluding carboxylic acids is 2. The molecule has 1 amide bonds. The largest absolute Gasteiger partial charge is 0.417 e. The van der Waals surface area contributed by atoms with E-state index in [1.54, 1.807) is 36.4 Å². The highest BCUT2D eigenvalue weighted by atomic mass is 79.9. The first-order valence-electron chi connectivity index (χ1n) is 9.51. The fourth-order valence-electron chi connectivity index (χ4n) is 3.06. The van der Waals surface area contributed by atoms with Crippen LogP contribution in [0.1, 0.15) is 43.8 Å². The van der Waals surface area contributed by atoms with Gasteiger partial charge in [0.2, 0.25) is 0 Å². The summed E-state index contributed by atoms with van der Waals surface area (Å²) in [5, 5.41) is 2.82. The van der Waals surface area contributed by atoms with Gasteiger partial charge in [-0.2, -0.15) is 13.2 Å². The Kier molecular flexibility index (Phi) is 6.95. The molecule has 0 aliphatic rings. The fraction of sp³-hybridized carbons (Fsp3) is 0.167. The Labute approximate surface area is 186 Å². The number of para-hydroxylation sites is 1. The lowest BCUT2D eigenvalue weighted by Gasteiger charge is -2.11. The van der Waals surface area contributed by atoms with Gasteiger partial charge >= 0.3 is 6.18 Å². The minimum atomic E-state index is -4.46. The van der Waals surface area contributed by atoms with Crippen LogP contribution in [-0.4, -0.2) is 11.7 Å². The zero-order chi connectivity index (χ0) is 22.6. The fourth-order valence-corrected chi connectivity index (χ4v) is 3.53. The first-order valence-corrected chi connectivity index (χ1v) is 10.3. The van der Waals surface area contributed by atoms with Crippen LogP contribution in [0.15, 0.2) is 71.2 Å². The maximum atomic E-state index is 13.0. The molecule has 0 saturated carbocycles. The van der Waals surface area contributed by atoms with Crippen LogP contribution >= 0.6 is 15.9 Å². The van der Waals surface area contributed by atoms with Crippen molar-refractivity contribution in [3.63, 3.8) is 0 Å². The molecule has 3 nitrogen and oxygen atoms in total. The van der Waals surface area contributed by atoms with Crippen molar-refractivity contribution in [1.82, 2.24) is 0 Å². The summed E-state index contributed by atoms with van der Waals surface area (Å²) in [7, 11) is 0. The van der Waals surface area contributed by atoms with Crippen LogP contribution in [0.5, 0.6) is 0 Å². The summed E-state index contributed by atoms with van der Waals surface area (Å²) in [6, 6.07) is 17.6. The number of amides is 1. The van der Waals surface area contributed by atoms with Crippen LogP contribution in [0.2, 0.25) is 0 Å². The minimum absolute atomic E-state index is 0.0327. The molecule has 1 N–H and O–H groups in total. The smallest absolute Gasteiger partial charge is 0.322 e. The Balaban J connectivity index is 1.63. The second-order valence-corrected chi connectivity index (χ2v) is 7.94. The molecule has 160 valence electrons. The highest BCUT2D eigenvalue weighted by molar-refractivity contribution is 9.10. The number of benzene rings is 3. The van der Waals surface area contributed by atoms with E-state index in [0.717, 1.165) is 11.6 Å². The molecule has 0 bridgehead atoms. The second kappa shape index (κ2) is 9.47. The van der Waals surface area contributed by atoms with E-state index in [1.807, 2.05) is 25.1 Å². The monoisotopic (exact) mass is 489 g/mol. The molecule has 0 atom stereocenters. The number of carbonyl (C=O) groups is 2. The first-order chi connectivity index (χ1) is 14.6. The average Bonchev–Trinajstić information content (AvgIpc) is 2.74. The van der Waals surface area contributed by atoms with Crippen molar-refractivity contribution in [2.75, 3.05) is 5.32 Å². The molecule has 0 heterocycles. The Morgan fingerprint density at radius 2 is 1.58 bits per heavy atom. The van der Waals surface area contributed by atoms with Gasteiger partial charge in [-0.15, -0.1) is 0 Å². The van der Waals surface area contributed by atoms with Gasteiger partial charge in [0, 0.05) is 27.7 Å². The van der Waals surface area contributed by atoms with Crippen molar-refractivity contribution >= 4 is 33.3 Å². The summed E-state index contributed by atoms with van der Waals surface area (Å²) in [4.78, 5) is 24.9. The third-order valence-electron chi connectivity index (χ3n) is 4.84. The molecule has 0 aromatic heterocycles. The van der Waals surface area contributed by atoms with E-state index in [-0.39, 0.29) is 29.0 Å². The zero-order valence-corrected chi connectivity index (χ0v) is 18.2. The molecule has 7 heteroatoms. The van der Waals surface area contributed by atoms with Gasteiger partial charge in [-0.05, 0) is 54.8 Å². The molecule has 3 aromatic carbocycles. The molecule has 0 aliphatic carbocycles. The number of hydrogen-bond donors (Lipinski definition) is 1. The van der Waals surface area contributed by atoms with E-state index in [9.17, 15) is 22.8 Å². The van der Waals surface area contributed by atoms with Crippen LogP contribution in [0.3, 0.4) is 0 Å². The molecule has 3 aromatic rings. The summed E-state index contributed by atoms with van der Waals surface area (Å²) in [6.45, 7) is 1.89. The normalized spacial score (nSPS) is 11.3. The van der Waals surface area contributed by atoms with Gasteiger partial charge in [-0.1, -0.05) is 52.3 Å². The van der Waals surface area contributed by atoms with Gasteiger partial charge in [0.1, 0.15) is 0 Å². The van der Waals surface area contributed by atoms with Gasteiger partial charge < -0.3 is 5.32 Å². The highest BCUT2D eigenvalue weighted by Gasteiger charge is 2.33. The molecule has 31 heavy (non-hydrogen) atoms. The second-order valence-electron chi connectivity index (χ2n) is 7.08. The first kappa shape index (κ1) is 22.7. The predicted octanol–water partition coefficient (Wildman–Crippen LogP) is 6.84. The number of nitrogens with one attached hydrogen (secondary N) is 1. The maximum Gasteiger partial charge on any atom is 0.417 e. The topological polar surface area (TPSA) is 46.2 Å². The van der Waals surface area contributed by atoms with E-state index in [2.05, 4.69) is 21.2 Å². The van der Waals surface area contributed by atoms with Crippen LogP contribution in [-0.2, 0) is 12.6 Å². The standard InChI is InChI=1S/C24H19BrF3NO2/c1-15-4-2-3-5-21(15)29-23(31)18-10-8-17(9-11-18)22(30)13-7-16-6-12-20(25)19(14-16)24(26,27)28/h2-6,8-12,14H,7,13H2,1H3,(H,29,31). The number of rotatable bonds is 6. The van der Waals surface area contributed by atoms with Gasteiger partial charge in [0.25, 0.3) is 5.91 Å². The van der Waals surface area contributed by atoms with Crippen LogP contribution < -0.4 is 5.32 Å². The Morgan fingerprint density at radius 3 is 2.23 bits per heavy atom. The number of hydrogen-bond acceptors (Lipinski definition) is 2. The Bertz CT molecular complexity index is 1110. The molecule has 0 fully saturated rings. The molecular formula is C24H19BrF3NO2. The molecule has 0 saturated heterocycles. The lowest BCUT2D eigenvalue weighted by atomic mass is 10.0. The Hall–Kier alpha value is -2.93. The van der Waals surface area contributed by atoms with Gasteiger partial charge in [-0.3, -0.25) is 9.59 Å². The van der Waals surface area contributed by atoms with Crippen molar-refractivity contribution in [2.45, 2.75) is 25.9 Å². The summed E-state index contributed by atoms with van der Waals surface area (Å²) in [5.41, 5.74) is 2.12. The number of alkyl halides is 3. The minimum Gasteiger partial charge on any atom is -0.322 e. The number of ketones is 1. The Morgan fingerprint density at radius 1 is 0.935 bits per heavy atom. The molecular weight excluding hydrogens is 471 g/mol. The van der Waals surface area contributed by atoms with E-state index in [1.165, 1.54) is 6.07 Å². The summed E-state index contributed by atoms with van der Waals surface area (Å²) < 4.78 is 39.0. The van der Waals surface area contributed by atoms with Crippen LogP contribution in [0, 0.1) is 6.92 Å². The molecule has 0 unspecified atom stereocenters. The van der Waals surface area contributed by atoms with Crippen LogP contribution in [0.25, 0.3) is 0 Å². The lowest BCUT2D eigenvalue weighted by molar-refractivity contribution is -0.138. The third-order valence-corrected chi connectivity index (χ3v) is 5.53. The predicted molar refractivity (Wildman–Crippen MR) is 117 cm³/mol.